The van der Waals surface area contributed by atoms with E-state index >= 15 is 0 Å². The van der Waals surface area contributed by atoms with Crippen LogP contribution < -0.4 is 4.90 Å². The zero-order chi connectivity index (χ0) is 19.7. The molecule has 0 amide bonds. The molecule has 1 aliphatic heterocycles. The van der Waals surface area contributed by atoms with Crippen LogP contribution in [0.5, 0.6) is 0 Å². The second-order valence-electron chi connectivity index (χ2n) is 7.07. The number of thioether (sulfide) groups is 1. The van der Waals surface area contributed by atoms with Crippen LogP contribution in [0.15, 0.2) is 64.5 Å². The first-order valence-corrected chi connectivity index (χ1v) is 13.7. The predicted octanol–water partition coefficient (Wildman–Crippen LogP) is 4.84. The quantitative estimate of drug-likeness (QED) is 0.281. The minimum absolute atomic E-state index is 0.725. The van der Waals surface area contributed by atoms with Gasteiger partial charge in [-0.1, -0.05) is 30.3 Å². The first-order chi connectivity index (χ1) is 13.7. The third kappa shape index (κ3) is 6.48. The second-order valence-corrected chi connectivity index (χ2v) is 11.3. The van der Waals surface area contributed by atoms with Crippen molar-refractivity contribution in [1.29, 1.82) is 0 Å². The summed E-state index contributed by atoms with van der Waals surface area (Å²) < 4.78 is 12.5. The highest BCUT2D eigenvalue weighted by Gasteiger charge is 2.32. The molecule has 2 aromatic carbocycles. The summed E-state index contributed by atoms with van der Waals surface area (Å²) in [6.45, 7) is 6.29. The van der Waals surface area contributed by atoms with Crippen LogP contribution in [0, 0.1) is 0 Å². The molecule has 0 spiro atoms. The van der Waals surface area contributed by atoms with E-state index < -0.39 is 8.56 Å². The van der Waals surface area contributed by atoms with Gasteiger partial charge in [-0.25, -0.2) is 0 Å². The Kier molecular flexibility index (Phi) is 8.15. The molecule has 0 aliphatic carbocycles. The molecular weight excluding hydrogens is 384 g/mol. The molecule has 1 saturated heterocycles. The van der Waals surface area contributed by atoms with E-state index in [0.29, 0.717) is 0 Å². The lowest BCUT2D eigenvalue weighted by atomic mass is 10.2. The van der Waals surface area contributed by atoms with E-state index in [0.717, 1.165) is 50.9 Å². The monoisotopic (exact) mass is 414 g/mol. The molecule has 0 radical (unpaired) electrons. The van der Waals surface area contributed by atoms with E-state index in [-0.39, 0.29) is 0 Å². The second kappa shape index (κ2) is 10.8. The van der Waals surface area contributed by atoms with Crippen LogP contribution in [0.25, 0.3) is 0 Å². The highest BCUT2D eigenvalue weighted by molar-refractivity contribution is 7.98. The fourth-order valence-electron chi connectivity index (χ4n) is 3.29. The Balaban J connectivity index is 1.41. The molecule has 0 bridgehead atoms. The largest absolute Gasteiger partial charge is 0.392 e. The van der Waals surface area contributed by atoms with Crippen LogP contribution >= 0.6 is 11.8 Å². The number of benzene rings is 2. The number of hydrogen-bond acceptors (Lipinski definition) is 5. The van der Waals surface area contributed by atoms with Gasteiger partial charge in [-0.2, -0.15) is 0 Å². The zero-order valence-corrected chi connectivity index (χ0v) is 18.7. The van der Waals surface area contributed by atoms with Crippen LogP contribution in [0.1, 0.15) is 12.0 Å². The van der Waals surface area contributed by atoms with Crippen molar-refractivity contribution in [2.75, 3.05) is 44.0 Å². The van der Waals surface area contributed by atoms with Gasteiger partial charge in [0.1, 0.15) is 0 Å². The number of rotatable bonds is 7. The summed E-state index contributed by atoms with van der Waals surface area (Å²) in [6, 6.07) is 20.0. The Morgan fingerprint density at radius 1 is 1.04 bits per heavy atom. The standard InChI is InChI=1S/C22H30N2O2SSi/c1-27-22-11-9-20(10-12-22)19-23-13-6-18-28(2)25-16-14-24(15-17-26-28)21-7-4-3-5-8-21/h3-5,7-12,19H,6,13-18H2,1-2H3. The molecule has 150 valence electrons. The van der Waals surface area contributed by atoms with Crippen molar-refractivity contribution in [3.8, 4) is 0 Å². The molecule has 2 aromatic rings. The Hall–Kier alpha value is -1.60. The van der Waals surface area contributed by atoms with Gasteiger partial charge >= 0.3 is 8.56 Å². The summed E-state index contributed by atoms with van der Waals surface area (Å²) in [5.41, 5.74) is 2.39. The molecule has 0 saturated carbocycles. The van der Waals surface area contributed by atoms with Crippen LogP contribution in [0.2, 0.25) is 12.6 Å². The normalized spacial score (nSPS) is 17.4. The number of hydrogen-bond donors (Lipinski definition) is 0. The van der Waals surface area contributed by atoms with Gasteiger partial charge in [-0.3, -0.25) is 4.99 Å². The molecule has 1 heterocycles. The summed E-state index contributed by atoms with van der Waals surface area (Å²) in [5, 5.41) is 0. The fourth-order valence-corrected chi connectivity index (χ4v) is 5.92. The molecule has 0 N–H and O–H groups in total. The van der Waals surface area contributed by atoms with Gasteiger partial charge in [0.05, 0.1) is 13.2 Å². The van der Waals surface area contributed by atoms with Gasteiger partial charge in [0.2, 0.25) is 0 Å². The summed E-state index contributed by atoms with van der Waals surface area (Å²) >= 11 is 1.76. The minimum atomic E-state index is -2.09. The first-order valence-electron chi connectivity index (χ1n) is 9.90. The lowest BCUT2D eigenvalue weighted by Gasteiger charge is -2.34. The van der Waals surface area contributed by atoms with Gasteiger partial charge < -0.3 is 13.8 Å². The van der Waals surface area contributed by atoms with E-state index in [4.69, 9.17) is 8.85 Å². The van der Waals surface area contributed by atoms with Crippen molar-refractivity contribution in [3.63, 3.8) is 0 Å². The molecule has 0 atom stereocenters. The maximum atomic E-state index is 6.23. The topological polar surface area (TPSA) is 34.1 Å². The first kappa shape index (κ1) is 21.1. The van der Waals surface area contributed by atoms with Gasteiger partial charge in [-0.15, -0.1) is 11.8 Å². The van der Waals surface area contributed by atoms with Gasteiger partial charge in [-0.05, 0) is 55.1 Å². The Labute approximate surface area is 174 Å². The Morgan fingerprint density at radius 3 is 2.36 bits per heavy atom. The SMILES string of the molecule is CSc1ccc(C=NCCC[Si]2(C)OCCN(c3ccccc3)CCO2)cc1. The molecule has 4 nitrogen and oxygen atoms in total. The molecule has 3 rings (SSSR count). The van der Waals surface area contributed by atoms with E-state index in [1.54, 1.807) is 11.8 Å². The number of nitrogens with zero attached hydrogens (tertiary/aromatic N) is 2. The molecule has 0 unspecified atom stereocenters. The average Bonchev–Trinajstić information content (AvgIpc) is 2.72. The Morgan fingerprint density at radius 2 is 1.71 bits per heavy atom. The summed E-state index contributed by atoms with van der Waals surface area (Å²) in [4.78, 5) is 8.19. The average molecular weight is 415 g/mol. The predicted molar refractivity (Wildman–Crippen MR) is 122 cm³/mol. The van der Waals surface area contributed by atoms with Gasteiger partial charge in [0.15, 0.2) is 0 Å². The zero-order valence-electron chi connectivity index (χ0n) is 16.8. The van der Waals surface area contributed by atoms with Gasteiger partial charge in [0, 0.05) is 36.4 Å². The molecule has 1 aliphatic rings. The van der Waals surface area contributed by atoms with Crippen LogP contribution in [0.4, 0.5) is 5.69 Å². The van der Waals surface area contributed by atoms with Crippen LogP contribution in [-0.2, 0) is 8.85 Å². The van der Waals surface area contributed by atoms with Crippen LogP contribution in [0.3, 0.4) is 0 Å². The molecule has 6 heteroatoms. The van der Waals surface area contributed by atoms with E-state index in [1.165, 1.54) is 10.6 Å². The number of para-hydroxylation sites is 1. The maximum absolute atomic E-state index is 6.23. The van der Waals surface area contributed by atoms with E-state index in [1.807, 2.05) is 12.3 Å². The van der Waals surface area contributed by atoms with Crippen molar-refractivity contribution < 1.29 is 8.85 Å². The third-order valence-electron chi connectivity index (χ3n) is 4.93. The maximum Gasteiger partial charge on any atom is 0.335 e. The molecule has 28 heavy (non-hydrogen) atoms. The summed E-state index contributed by atoms with van der Waals surface area (Å²) in [7, 11) is -2.09. The minimum Gasteiger partial charge on any atom is -0.392 e. The van der Waals surface area contributed by atoms with Crippen molar-refractivity contribution in [2.45, 2.75) is 23.9 Å². The van der Waals surface area contributed by atoms with Crippen molar-refractivity contribution in [3.05, 3.63) is 60.2 Å². The smallest absolute Gasteiger partial charge is 0.335 e. The number of aliphatic imine (C=N–C) groups is 1. The number of anilines is 1. The van der Waals surface area contributed by atoms with E-state index in [2.05, 4.69) is 71.2 Å². The molecular formula is C22H30N2O2SSi. The molecule has 1 fully saturated rings. The summed E-state index contributed by atoms with van der Waals surface area (Å²) in [5.74, 6) is 0. The fraction of sp³-hybridized carbons (Fsp3) is 0.409. The third-order valence-corrected chi connectivity index (χ3v) is 8.57. The Bertz CT molecular complexity index is 730. The lowest BCUT2D eigenvalue weighted by Crippen LogP contribution is -2.46. The van der Waals surface area contributed by atoms with E-state index in [9.17, 15) is 0 Å². The van der Waals surface area contributed by atoms with Gasteiger partial charge in [0.25, 0.3) is 0 Å². The van der Waals surface area contributed by atoms with Crippen molar-refractivity contribution in [1.82, 2.24) is 0 Å². The van der Waals surface area contributed by atoms with Crippen molar-refractivity contribution >= 4 is 32.2 Å². The summed E-state index contributed by atoms with van der Waals surface area (Å²) in [6.07, 6.45) is 5.06. The molecule has 0 aromatic heterocycles. The van der Waals surface area contributed by atoms with Crippen LogP contribution in [-0.4, -0.2) is 53.9 Å². The lowest BCUT2D eigenvalue weighted by molar-refractivity contribution is 0.164. The van der Waals surface area contributed by atoms with Crippen molar-refractivity contribution in [2.24, 2.45) is 4.99 Å². The highest BCUT2D eigenvalue weighted by atomic mass is 32.2. The highest BCUT2D eigenvalue weighted by Crippen LogP contribution is 2.20.